The third-order valence-corrected chi connectivity index (χ3v) is 2.12. The Labute approximate surface area is 101 Å². The van der Waals surface area contributed by atoms with Crippen LogP contribution in [0.3, 0.4) is 0 Å². The van der Waals surface area contributed by atoms with Crippen molar-refractivity contribution in [1.29, 1.82) is 0 Å². The predicted molar refractivity (Wildman–Crippen MR) is 53.8 cm³/mol. The van der Waals surface area contributed by atoms with Crippen LogP contribution in [-0.2, 0) is 9.53 Å². The van der Waals surface area contributed by atoms with Crippen LogP contribution in [0.5, 0.6) is 5.88 Å². The Balaban J connectivity index is 2.84. The van der Waals surface area contributed by atoms with Gasteiger partial charge in [-0.1, -0.05) is 6.92 Å². The van der Waals surface area contributed by atoms with Gasteiger partial charge in [0, 0.05) is 0 Å². The lowest BCUT2D eigenvalue weighted by Gasteiger charge is -2.12. The molecule has 0 N–H and O–H groups in total. The van der Waals surface area contributed by atoms with Crippen molar-refractivity contribution in [3.63, 3.8) is 0 Å². The van der Waals surface area contributed by atoms with Crippen LogP contribution >= 0.6 is 0 Å². The average Bonchev–Trinajstić information content (AvgIpc) is 2.30. The van der Waals surface area contributed by atoms with Gasteiger partial charge in [0.25, 0.3) is 0 Å². The maximum atomic E-state index is 11.9. The van der Waals surface area contributed by atoms with Crippen molar-refractivity contribution in [2.75, 3.05) is 7.11 Å². The van der Waals surface area contributed by atoms with Crippen LogP contribution < -0.4 is 4.74 Å². The predicted octanol–water partition coefficient (Wildman–Crippen LogP) is 2.04. The molecule has 1 aromatic heterocycles. The van der Waals surface area contributed by atoms with E-state index >= 15 is 0 Å². The van der Waals surface area contributed by atoms with E-state index in [1.54, 1.807) is 6.92 Å². The number of esters is 1. The molecule has 0 bridgehead atoms. The van der Waals surface area contributed by atoms with Crippen molar-refractivity contribution in [1.82, 2.24) is 9.97 Å². The molecule has 0 radical (unpaired) electrons. The Bertz CT molecular complexity index is 406. The molecule has 0 amide bonds. The molecule has 1 rings (SSSR count). The number of methoxy groups -OCH3 is 1. The molecule has 1 heterocycles. The van der Waals surface area contributed by atoms with Gasteiger partial charge in [-0.3, -0.25) is 9.78 Å². The summed E-state index contributed by atoms with van der Waals surface area (Å²) in [5.74, 6) is -1.84. The molecular formula is C10H11F3N2O3. The number of nitrogens with zero attached hydrogens (tertiary/aromatic N) is 2. The molecule has 0 aliphatic carbocycles. The molecule has 0 fully saturated rings. The Morgan fingerprint density at radius 3 is 2.44 bits per heavy atom. The number of carbonyl (C=O) groups is 1. The lowest BCUT2D eigenvalue weighted by Crippen LogP contribution is -2.19. The Morgan fingerprint density at radius 1 is 1.39 bits per heavy atom. The van der Waals surface area contributed by atoms with E-state index in [9.17, 15) is 18.0 Å². The largest absolute Gasteiger partial charge is 0.574 e. The second kappa shape index (κ2) is 5.65. The zero-order valence-electron chi connectivity index (χ0n) is 9.69. The van der Waals surface area contributed by atoms with Gasteiger partial charge in [-0.2, -0.15) is 0 Å². The number of hydrogen-bond donors (Lipinski definition) is 0. The minimum Gasteiger partial charge on any atom is -0.469 e. The Hall–Kier alpha value is -1.86. The van der Waals surface area contributed by atoms with E-state index in [2.05, 4.69) is 19.4 Å². The van der Waals surface area contributed by atoms with Gasteiger partial charge in [-0.25, -0.2) is 4.98 Å². The number of hydrogen-bond acceptors (Lipinski definition) is 5. The van der Waals surface area contributed by atoms with Crippen LogP contribution in [0.1, 0.15) is 25.0 Å². The standard InChI is InChI=1S/C10H11F3N2O3/c1-3-6(9(16)17-2)7-4-15-8(5-14-7)18-10(11,12)13/h4-6H,3H2,1-2H3. The molecule has 5 nitrogen and oxygen atoms in total. The van der Waals surface area contributed by atoms with E-state index < -0.39 is 24.1 Å². The Kier molecular flexibility index (Phi) is 4.46. The average molecular weight is 264 g/mol. The van der Waals surface area contributed by atoms with Crippen molar-refractivity contribution in [2.45, 2.75) is 25.6 Å². The van der Waals surface area contributed by atoms with Gasteiger partial charge in [0.1, 0.15) is 5.92 Å². The summed E-state index contributed by atoms with van der Waals surface area (Å²) in [6, 6.07) is 0. The highest BCUT2D eigenvalue weighted by Crippen LogP contribution is 2.22. The summed E-state index contributed by atoms with van der Waals surface area (Å²) in [4.78, 5) is 18.5. The van der Waals surface area contributed by atoms with Crippen molar-refractivity contribution in [2.24, 2.45) is 0 Å². The van der Waals surface area contributed by atoms with Crippen LogP contribution in [0.4, 0.5) is 13.2 Å². The minimum absolute atomic E-state index is 0.235. The summed E-state index contributed by atoms with van der Waals surface area (Å²) >= 11 is 0. The first kappa shape index (κ1) is 14.2. The first-order chi connectivity index (χ1) is 8.37. The number of carbonyl (C=O) groups excluding carboxylic acids is 1. The molecule has 18 heavy (non-hydrogen) atoms. The quantitative estimate of drug-likeness (QED) is 0.779. The highest BCUT2D eigenvalue weighted by molar-refractivity contribution is 5.77. The number of aromatic nitrogens is 2. The van der Waals surface area contributed by atoms with Crippen LogP contribution in [0.25, 0.3) is 0 Å². The van der Waals surface area contributed by atoms with Gasteiger partial charge in [0.15, 0.2) is 0 Å². The zero-order valence-corrected chi connectivity index (χ0v) is 9.69. The van der Waals surface area contributed by atoms with Gasteiger partial charge < -0.3 is 9.47 Å². The van der Waals surface area contributed by atoms with E-state index in [0.717, 1.165) is 12.4 Å². The van der Waals surface area contributed by atoms with Crippen molar-refractivity contribution >= 4 is 5.97 Å². The molecule has 0 aliphatic rings. The fraction of sp³-hybridized carbons (Fsp3) is 0.500. The van der Waals surface area contributed by atoms with E-state index in [0.29, 0.717) is 6.42 Å². The zero-order chi connectivity index (χ0) is 13.8. The third kappa shape index (κ3) is 3.86. The van der Waals surface area contributed by atoms with Crippen molar-refractivity contribution < 1.29 is 27.4 Å². The van der Waals surface area contributed by atoms with E-state index in [-0.39, 0.29) is 5.69 Å². The lowest BCUT2D eigenvalue weighted by molar-refractivity contribution is -0.276. The van der Waals surface area contributed by atoms with Gasteiger partial charge in [-0.05, 0) is 6.42 Å². The first-order valence-electron chi connectivity index (χ1n) is 5.03. The fourth-order valence-corrected chi connectivity index (χ4v) is 1.32. The molecule has 1 atom stereocenters. The van der Waals surface area contributed by atoms with Crippen LogP contribution in [0.2, 0.25) is 0 Å². The number of halogens is 3. The van der Waals surface area contributed by atoms with Gasteiger partial charge in [0.2, 0.25) is 5.88 Å². The Morgan fingerprint density at radius 2 is 2.06 bits per heavy atom. The SMILES string of the molecule is CCC(C(=O)OC)c1cnc(OC(F)(F)F)cn1. The van der Waals surface area contributed by atoms with Crippen LogP contribution in [0.15, 0.2) is 12.4 Å². The third-order valence-electron chi connectivity index (χ3n) is 2.12. The fourth-order valence-electron chi connectivity index (χ4n) is 1.32. The second-order valence-corrected chi connectivity index (χ2v) is 3.31. The van der Waals surface area contributed by atoms with Crippen molar-refractivity contribution in [3.05, 3.63) is 18.1 Å². The van der Waals surface area contributed by atoms with E-state index in [1.807, 2.05) is 0 Å². The molecule has 0 aromatic carbocycles. The number of alkyl halides is 3. The molecule has 0 spiro atoms. The molecular weight excluding hydrogens is 253 g/mol. The van der Waals surface area contributed by atoms with E-state index in [4.69, 9.17) is 0 Å². The maximum Gasteiger partial charge on any atom is 0.574 e. The van der Waals surface area contributed by atoms with Crippen LogP contribution in [-0.4, -0.2) is 29.4 Å². The molecule has 0 saturated heterocycles. The summed E-state index contributed by atoms with van der Waals surface area (Å²) in [5.41, 5.74) is 0.235. The molecule has 0 saturated carbocycles. The number of ether oxygens (including phenoxy) is 2. The molecule has 1 unspecified atom stereocenters. The highest BCUT2D eigenvalue weighted by Gasteiger charge is 2.32. The molecule has 0 aliphatic heterocycles. The normalized spacial score (nSPS) is 12.9. The lowest BCUT2D eigenvalue weighted by atomic mass is 10.0. The molecule has 8 heteroatoms. The van der Waals surface area contributed by atoms with Gasteiger partial charge in [-0.15, -0.1) is 13.2 Å². The summed E-state index contributed by atoms with van der Waals surface area (Å²) in [6.45, 7) is 1.73. The van der Waals surface area contributed by atoms with Gasteiger partial charge in [0.05, 0.1) is 25.2 Å². The highest BCUT2D eigenvalue weighted by atomic mass is 19.4. The summed E-state index contributed by atoms with van der Waals surface area (Å²) < 4.78 is 43.8. The van der Waals surface area contributed by atoms with Gasteiger partial charge >= 0.3 is 12.3 Å². The summed E-state index contributed by atoms with van der Waals surface area (Å²) in [7, 11) is 1.22. The molecule has 1 aromatic rings. The minimum atomic E-state index is -4.82. The first-order valence-corrected chi connectivity index (χ1v) is 5.03. The van der Waals surface area contributed by atoms with E-state index in [1.165, 1.54) is 7.11 Å². The summed E-state index contributed by atoms with van der Waals surface area (Å²) in [6.07, 6.45) is -2.54. The monoisotopic (exact) mass is 264 g/mol. The van der Waals surface area contributed by atoms with Crippen molar-refractivity contribution in [3.8, 4) is 5.88 Å². The number of rotatable bonds is 4. The second-order valence-electron chi connectivity index (χ2n) is 3.31. The summed E-state index contributed by atoms with van der Waals surface area (Å²) in [5, 5.41) is 0. The smallest absolute Gasteiger partial charge is 0.469 e. The maximum absolute atomic E-state index is 11.9. The molecule has 100 valence electrons. The van der Waals surface area contributed by atoms with Crippen LogP contribution in [0, 0.1) is 0 Å². The topological polar surface area (TPSA) is 61.3 Å².